The summed E-state index contributed by atoms with van der Waals surface area (Å²) in [7, 11) is 1.42. The van der Waals surface area contributed by atoms with Gasteiger partial charge in [-0.2, -0.15) is 26.3 Å². The number of alkyl halides is 6. The van der Waals surface area contributed by atoms with Gasteiger partial charge in [-0.3, -0.25) is 9.59 Å². The van der Waals surface area contributed by atoms with Crippen LogP contribution in [0.5, 0.6) is 11.5 Å². The Hall–Kier alpha value is -4.79. The van der Waals surface area contributed by atoms with Crippen LogP contribution in [0.25, 0.3) is 0 Å². The van der Waals surface area contributed by atoms with E-state index in [1.54, 1.807) is 69.3 Å². The molecular formula is C36H38F6N2O7. The van der Waals surface area contributed by atoms with Crippen molar-refractivity contribution < 1.29 is 60.0 Å². The number of benzene rings is 3. The molecule has 4 rings (SSSR count). The molecule has 51 heavy (non-hydrogen) atoms. The number of amides is 1. The van der Waals surface area contributed by atoms with Crippen LogP contribution in [0.2, 0.25) is 0 Å². The average Bonchev–Trinajstić information content (AvgIpc) is 3.46. The van der Waals surface area contributed by atoms with E-state index >= 15 is 0 Å². The Morgan fingerprint density at radius 3 is 2.14 bits per heavy atom. The molecule has 0 bridgehead atoms. The number of aliphatic hydroxyl groups excluding tert-OH is 1. The Morgan fingerprint density at radius 2 is 1.57 bits per heavy atom. The number of hydrogen-bond donors (Lipinski definition) is 2. The maximum Gasteiger partial charge on any atom is 0.416 e. The third kappa shape index (κ3) is 10.1. The van der Waals surface area contributed by atoms with Gasteiger partial charge in [-0.05, 0) is 92.9 Å². The summed E-state index contributed by atoms with van der Waals surface area (Å²) in [6.45, 7) is 4.43. The number of carbonyl (C=O) groups is 2. The highest BCUT2D eigenvalue weighted by molar-refractivity contribution is 6.01. The molecular weight excluding hydrogens is 686 g/mol. The zero-order valence-corrected chi connectivity index (χ0v) is 28.3. The van der Waals surface area contributed by atoms with Gasteiger partial charge in [0.15, 0.2) is 11.6 Å². The number of carbonyl (C=O) groups excluding carboxylic acids is 2. The van der Waals surface area contributed by atoms with Crippen LogP contribution in [-0.2, 0) is 38.0 Å². The van der Waals surface area contributed by atoms with E-state index in [1.165, 1.54) is 7.11 Å². The Balaban J connectivity index is 1.79. The smallest absolute Gasteiger partial charge is 0.416 e. The molecule has 0 radical (unpaired) electrons. The largest absolute Gasteiger partial charge is 0.497 e. The monoisotopic (exact) mass is 724 g/mol. The van der Waals surface area contributed by atoms with Crippen molar-refractivity contribution in [3.05, 3.63) is 94.5 Å². The summed E-state index contributed by atoms with van der Waals surface area (Å²) < 4.78 is 104. The molecule has 1 amide bonds. The first-order valence-electron chi connectivity index (χ1n) is 15.9. The predicted octanol–water partition coefficient (Wildman–Crippen LogP) is 7.19. The lowest BCUT2D eigenvalue weighted by molar-refractivity contribution is -0.155. The van der Waals surface area contributed by atoms with Gasteiger partial charge in [0.2, 0.25) is 5.90 Å². The number of esters is 1. The van der Waals surface area contributed by atoms with Crippen LogP contribution < -0.4 is 14.8 Å². The maximum absolute atomic E-state index is 14.4. The minimum atomic E-state index is -5.09. The second kappa shape index (κ2) is 15.6. The van der Waals surface area contributed by atoms with Gasteiger partial charge in [-0.25, -0.2) is 4.99 Å². The zero-order valence-electron chi connectivity index (χ0n) is 28.3. The fraction of sp³-hybridized carbons (Fsp3) is 0.417. The molecule has 0 saturated carbocycles. The van der Waals surface area contributed by atoms with Crippen molar-refractivity contribution in [3.8, 4) is 11.5 Å². The number of halogens is 6. The number of ether oxygens (including phenoxy) is 4. The Labute approximate surface area is 290 Å². The van der Waals surface area contributed by atoms with E-state index in [9.17, 15) is 35.9 Å². The number of nitrogens with zero attached hydrogens (tertiary/aromatic N) is 1. The normalized spacial score (nSPS) is 17.7. The van der Waals surface area contributed by atoms with Gasteiger partial charge in [0.1, 0.15) is 17.1 Å². The van der Waals surface area contributed by atoms with Crippen LogP contribution in [-0.4, -0.2) is 54.3 Å². The lowest BCUT2D eigenvalue weighted by Gasteiger charge is -2.31. The molecule has 15 heteroatoms. The highest BCUT2D eigenvalue weighted by atomic mass is 19.4. The lowest BCUT2D eigenvalue weighted by atomic mass is 9.83. The van der Waals surface area contributed by atoms with Gasteiger partial charge in [0.25, 0.3) is 5.91 Å². The van der Waals surface area contributed by atoms with Crippen LogP contribution in [0.4, 0.5) is 26.3 Å². The summed E-state index contributed by atoms with van der Waals surface area (Å²) in [4.78, 5) is 32.0. The number of hydrogen-bond acceptors (Lipinski definition) is 8. The van der Waals surface area contributed by atoms with E-state index in [4.69, 9.17) is 29.0 Å². The van der Waals surface area contributed by atoms with E-state index in [1.807, 2.05) is 0 Å². The molecule has 2 N–H and O–H groups in total. The molecule has 9 nitrogen and oxygen atoms in total. The van der Waals surface area contributed by atoms with Crippen LogP contribution in [0.1, 0.15) is 74.0 Å². The third-order valence-electron chi connectivity index (χ3n) is 7.66. The van der Waals surface area contributed by atoms with Crippen molar-refractivity contribution in [2.24, 2.45) is 4.99 Å². The first-order chi connectivity index (χ1) is 23.8. The molecule has 0 fully saturated rings. The fourth-order valence-corrected chi connectivity index (χ4v) is 5.32. The Kier molecular flexibility index (Phi) is 11.9. The molecule has 2 atom stereocenters. The molecule has 1 aliphatic heterocycles. The number of rotatable bonds is 13. The summed E-state index contributed by atoms with van der Waals surface area (Å²) in [6, 6.07) is 14.0. The summed E-state index contributed by atoms with van der Waals surface area (Å²) in [5.74, 6) is -0.770. The molecule has 1 heterocycles. The van der Waals surface area contributed by atoms with E-state index in [0.29, 0.717) is 41.2 Å². The Bertz CT molecular complexity index is 1690. The zero-order chi connectivity index (χ0) is 37.6. The lowest BCUT2D eigenvalue weighted by Crippen LogP contribution is -2.48. The van der Waals surface area contributed by atoms with Crippen LogP contribution in [0.15, 0.2) is 71.7 Å². The molecule has 0 aromatic heterocycles. The molecule has 0 spiro atoms. The molecule has 0 aliphatic carbocycles. The SMILES string of the molecule is COc1cccc([C@H]2OC(c3ccc(OCCCO)cc3)=N[C@@]2(CCC(=O)OC(C)(C)C)C(=O)NCc2cc(C(F)(F)F)cc(C(F)(F)F)c2)c1. The van der Waals surface area contributed by atoms with Gasteiger partial charge in [-0.1, -0.05) is 12.1 Å². The molecule has 3 aromatic rings. The van der Waals surface area contributed by atoms with Crippen LogP contribution in [0.3, 0.4) is 0 Å². The number of methoxy groups -OCH3 is 1. The van der Waals surface area contributed by atoms with Gasteiger partial charge in [0.05, 0.1) is 24.8 Å². The third-order valence-corrected chi connectivity index (χ3v) is 7.66. The van der Waals surface area contributed by atoms with Crippen molar-refractivity contribution in [1.29, 1.82) is 0 Å². The van der Waals surface area contributed by atoms with E-state index in [0.717, 1.165) is 0 Å². The van der Waals surface area contributed by atoms with Crippen molar-refractivity contribution in [2.45, 2.75) is 76.2 Å². The van der Waals surface area contributed by atoms with Gasteiger partial charge >= 0.3 is 18.3 Å². The van der Waals surface area contributed by atoms with Crippen molar-refractivity contribution >= 4 is 17.8 Å². The minimum absolute atomic E-state index is 0.00317. The van der Waals surface area contributed by atoms with Gasteiger partial charge in [0, 0.05) is 31.6 Å². The maximum atomic E-state index is 14.4. The number of nitrogens with one attached hydrogen (secondary N) is 1. The minimum Gasteiger partial charge on any atom is -0.497 e. The Morgan fingerprint density at radius 1 is 0.922 bits per heavy atom. The average molecular weight is 725 g/mol. The van der Waals surface area contributed by atoms with Crippen molar-refractivity contribution in [1.82, 2.24) is 5.32 Å². The van der Waals surface area contributed by atoms with Gasteiger partial charge in [-0.15, -0.1) is 0 Å². The van der Waals surface area contributed by atoms with Crippen LogP contribution >= 0.6 is 0 Å². The van der Waals surface area contributed by atoms with Crippen LogP contribution in [0, 0.1) is 0 Å². The predicted molar refractivity (Wildman–Crippen MR) is 173 cm³/mol. The molecule has 1 aliphatic rings. The summed E-state index contributed by atoms with van der Waals surface area (Å²) >= 11 is 0. The fourth-order valence-electron chi connectivity index (χ4n) is 5.32. The highest BCUT2D eigenvalue weighted by Crippen LogP contribution is 2.44. The van der Waals surface area contributed by atoms with E-state index < -0.39 is 64.7 Å². The van der Waals surface area contributed by atoms with E-state index in [2.05, 4.69) is 5.32 Å². The van der Waals surface area contributed by atoms with Gasteiger partial charge < -0.3 is 29.4 Å². The molecule has 3 aromatic carbocycles. The van der Waals surface area contributed by atoms with Crippen molar-refractivity contribution in [3.63, 3.8) is 0 Å². The topological polar surface area (TPSA) is 116 Å². The highest BCUT2D eigenvalue weighted by Gasteiger charge is 2.53. The summed E-state index contributed by atoms with van der Waals surface area (Å²) in [5.41, 5.74) is -5.60. The first-order valence-corrected chi connectivity index (χ1v) is 15.9. The number of aliphatic hydroxyl groups is 1. The molecule has 0 unspecified atom stereocenters. The van der Waals surface area contributed by atoms with Crippen molar-refractivity contribution in [2.75, 3.05) is 20.3 Å². The first kappa shape index (κ1) is 39.0. The summed E-state index contributed by atoms with van der Waals surface area (Å²) in [6.07, 6.45) is -11.7. The molecule has 276 valence electrons. The quantitative estimate of drug-likeness (QED) is 0.109. The van der Waals surface area contributed by atoms with E-state index in [-0.39, 0.29) is 38.0 Å². The number of aliphatic imine (C=N–C) groups is 1. The standard InChI is InChI=1S/C36H38F6N2O7/c1-33(2,3)51-29(46)13-14-34(32(47)43-21-22-17-25(35(37,38)39)20-26(18-22)36(40,41)42)30(24-7-5-8-28(19-24)48-4)50-31(44-34)23-9-11-27(12-10-23)49-16-6-15-45/h5,7-12,17-20,30,45H,6,13-16,21H2,1-4H3,(H,43,47)/t30-,34-/m1/s1. The second-order valence-electron chi connectivity index (χ2n) is 12.7. The summed E-state index contributed by atoms with van der Waals surface area (Å²) in [5, 5.41) is 11.5. The molecule has 0 saturated heterocycles. The second-order valence-corrected chi connectivity index (χ2v) is 12.7.